The second-order valence-corrected chi connectivity index (χ2v) is 10.1. The number of amides is 4. The van der Waals surface area contributed by atoms with Gasteiger partial charge in [0.05, 0.1) is 11.3 Å². The van der Waals surface area contributed by atoms with Gasteiger partial charge in [-0.2, -0.15) is 13.2 Å². The number of halogens is 4. The van der Waals surface area contributed by atoms with E-state index in [9.17, 15) is 27.6 Å². The second kappa shape index (κ2) is 9.79. The molecule has 1 atom stereocenters. The zero-order valence-electron chi connectivity index (χ0n) is 19.8. The minimum Gasteiger partial charge on any atom is -0.455 e. The lowest BCUT2D eigenvalue weighted by Gasteiger charge is -2.32. The fourth-order valence-corrected chi connectivity index (χ4v) is 4.96. The monoisotopic (exact) mass is 587 g/mol. The number of imide groups is 1. The highest BCUT2D eigenvalue weighted by molar-refractivity contribution is 9.10. The van der Waals surface area contributed by atoms with Gasteiger partial charge in [0.25, 0.3) is 5.91 Å². The number of carbonyl (C=O) groups excluding carboxylic acids is 3. The van der Waals surface area contributed by atoms with Crippen LogP contribution in [0.5, 0.6) is 11.5 Å². The summed E-state index contributed by atoms with van der Waals surface area (Å²) in [7, 11) is 0. The molecule has 1 heterocycles. The Bertz CT molecular complexity index is 1430. The molecule has 1 spiro atoms. The molecule has 1 aliphatic heterocycles. The molecule has 1 fully saturated rings. The Labute approximate surface area is 224 Å². The third-order valence-electron chi connectivity index (χ3n) is 6.60. The van der Waals surface area contributed by atoms with Crippen LogP contribution in [0.1, 0.15) is 23.1 Å². The van der Waals surface area contributed by atoms with Crippen molar-refractivity contribution in [2.45, 2.75) is 31.0 Å². The SMILES string of the molecule is O=C(CN1C(=O)N[C@]2(CCc3ccccc3C2)C1=O)Nc1cc(C(F)(F)F)ccc1Oc1ccc(Br)cc1. The maximum Gasteiger partial charge on any atom is 0.416 e. The minimum atomic E-state index is -4.66. The highest BCUT2D eigenvalue weighted by Crippen LogP contribution is 2.38. The van der Waals surface area contributed by atoms with Gasteiger partial charge in [0.15, 0.2) is 5.75 Å². The molecule has 1 saturated heterocycles. The van der Waals surface area contributed by atoms with Crippen molar-refractivity contribution in [3.8, 4) is 11.5 Å². The number of urea groups is 1. The maximum atomic E-state index is 13.4. The standard InChI is InChI=1S/C27H21BrF3N3O4/c28-19-6-8-20(9-7-19)38-22-10-5-18(27(29,30)31)13-21(22)32-23(35)15-34-24(36)26(33-25(34)37)12-11-16-3-1-2-4-17(16)14-26/h1-10,13H,11-12,14-15H2,(H,32,35)(H,33,37)/t26-/m0/s1. The molecule has 0 unspecified atom stereocenters. The number of ether oxygens (including phenoxy) is 1. The predicted molar refractivity (Wildman–Crippen MR) is 136 cm³/mol. The molecule has 2 aliphatic rings. The van der Waals surface area contributed by atoms with Gasteiger partial charge in [-0.3, -0.25) is 14.5 Å². The summed E-state index contributed by atoms with van der Waals surface area (Å²) in [5.41, 5.74) is -0.360. The van der Waals surface area contributed by atoms with Gasteiger partial charge in [0.2, 0.25) is 5.91 Å². The molecule has 38 heavy (non-hydrogen) atoms. The lowest BCUT2D eigenvalue weighted by molar-refractivity contribution is -0.137. The summed E-state index contributed by atoms with van der Waals surface area (Å²) >= 11 is 3.29. The van der Waals surface area contributed by atoms with E-state index in [4.69, 9.17) is 4.74 Å². The maximum absolute atomic E-state index is 13.4. The number of carbonyl (C=O) groups is 3. The molecule has 0 radical (unpaired) electrons. The third kappa shape index (κ3) is 5.10. The van der Waals surface area contributed by atoms with Crippen LogP contribution in [-0.4, -0.2) is 34.8 Å². The van der Waals surface area contributed by atoms with Gasteiger partial charge in [-0.15, -0.1) is 0 Å². The Balaban J connectivity index is 1.35. The van der Waals surface area contributed by atoms with Crippen molar-refractivity contribution in [2.24, 2.45) is 0 Å². The Morgan fingerprint density at radius 1 is 1.05 bits per heavy atom. The van der Waals surface area contributed by atoms with Gasteiger partial charge in [0.1, 0.15) is 17.8 Å². The van der Waals surface area contributed by atoms with Crippen LogP contribution in [0.25, 0.3) is 0 Å². The van der Waals surface area contributed by atoms with Gasteiger partial charge in [-0.05, 0) is 66.4 Å². The Morgan fingerprint density at radius 3 is 2.47 bits per heavy atom. The summed E-state index contributed by atoms with van der Waals surface area (Å²) in [6.07, 6.45) is -3.40. The van der Waals surface area contributed by atoms with Crippen molar-refractivity contribution in [2.75, 3.05) is 11.9 Å². The first-order valence-corrected chi connectivity index (χ1v) is 12.5. The van der Waals surface area contributed by atoms with Crippen LogP contribution in [0.3, 0.4) is 0 Å². The predicted octanol–water partition coefficient (Wildman–Crippen LogP) is 5.68. The molecule has 5 rings (SSSR count). The van der Waals surface area contributed by atoms with E-state index in [1.165, 1.54) is 0 Å². The van der Waals surface area contributed by atoms with Crippen LogP contribution < -0.4 is 15.4 Å². The molecule has 4 amide bonds. The van der Waals surface area contributed by atoms with Crippen molar-refractivity contribution in [1.82, 2.24) is 10.2 Å². The number of benzene rings is 3. The third-order valence-corrected chi connectivity index (χ3v) is 7.13. The molecule has 3 aromatic carbocycles. The van der Waals surface area contributed by atoms with Crippen molar-refractivity contribution in [3.63, 3.8) is 0 Å². The van der Waals surface area contributed by atoms with Crippen molar-refractivity contribution >= 4 is 39.5 Å². The second-order valence-electron chi connectivity index (χ2n) is 9.16. The van der Waals surface area contributed by atoms with Crippen LogP contribution in [0.4, 0.5) is 23.7 Å². The van der Waals surface area contributed by atoms with E-state index in [2.05, 4.69) is 26.6 Å². The van der Waals surface area contributed by atoms with Gasteiger partial charge in [0, 0.05) is 10.9 Å². The van der Waals surface area contributed by atoms with Crippen LogP contribution in [0.15, 0.2) is 71.2 Å². The Kier molecular flexibility index (Phi) is 6.64. The molecular formula is C27H21BrF3N3O4. The highest BCUT2D eigenvalue weighted by Gasteiger charge is 2.52. The molecule has 3 aromatic rings. The minimum absolute atomic E-state index is 0.0359. The molecule has 7 nitrogen and oxygen atoms in total. The van der Waals surface area contributed by atoms with Crippen LogP contribution in [0.2, 0.25) is 0 Å². The number of aryl methyl sites for hydroxylation is 1. The smallest absolute Gasteiger partial charge is 0.416 e. The highest BCUT2D eigenvalue weighted by atomic mass is 79.9. The summed E-state index contributed by atoms with van der Waals surface area (Å²) < 4.78 is 46.6. The number of alkyl halides is 3. The molecule has 196 valence electrons. The molecule has 1 aliphatic carbocycles. The van der Waals surface area contributed by atoms with Crippen LogP contribution >= 0.6 is 15.9 Å². The number of rotatable bonds is 5. The number of hydrogen-bond donors (Lipinski definition) is 2. The van der Waals surface area contributed by atoms with E-state index in [1.807, 2.05) is 24.3 Å². The number of nitrogens with one attached hydrogen (secondary N) is 2. The topological polar surface area (TPSA) is 87.7 Å². The summed E-state index contributed by atoms with van der Waals surface area (Å²) in [4.78, 5) is 39.7. The molecule has 0 aromatic heterocycles. The fourth-order valence-electron chi connectivity index (χ4n) is 4.70. The van der Waals surface area contributed by atoms with E-state index in [0.717, 1.165) is 38.7 Å². The van der Waals surface area contributed by atoms with E-state index in [0.29, 0.717) is 25.0 Å². The lowest BCUT2D eigenvalue weighted by atomic mass is 9.78. The first kappa shape index (κ1) is 25.8. The number of fused-ring (bicyclic) bond motifs is 1. The molecule has 2 N–H and O–H groups in total. The van der Waals surface area contributed by atoms with E-state index in [1.54, 1.807) is 24.3 Å². The fraction of sp³-hybridized carbons (Fsp3) is 0.222. The van der Waals surface area contributed by atoms with Gasteiger partial charge in [-0.1, -0.05) is 40.2 Å². The average Bonchev–Trinajstić information content (AvgIpc) is 3.09. The zero-order chi connectivity index (χ0) is 27.1. The van der Waals surface area contributed by atoms with Gasteiger partial charge < -0.3 is 15.4 Å². The van der Waals surface area contributed by atoms with Crippen molar-refractivity contribution < 1.29 is 32.3 Å². The normalized spacial score (nSPS) is 18.8. The average molecular weight is 588 g/mol. The van der Waals surface area contributed by atoms with Crippen LogP contribution in [-0.2, 0) is 28.6 Å². The number of anilines is 1. The molecule has 0 bridgehead atoms. The zero-order valence-corrected chi connectivity index (χ0v) is 21.4. The van der Waals surface area contributed by atoms with Gasteiger partial charge >= 0.3 is 12.2 Å². The van der Waals surface area contributed by atoms with E-state index >= 15 is 0 Å². The lowest BCUT2D eigenvalue weighted by Crippen LogP contribution is -2.51. The molecule has 11 heteroatoms. The Morgan fingerprint density at radius 2 is 1.76 bits per heavy atom. The summed E-state index contributed by atoms with van der Waals surface area (Å²) in [6.45, 7) is -0.665. The largest absolute Gasteiger partial charge is 0.455 e. The quantitative estimate of drug-likeness (QED) is 0.376. The number of nitrogens with zero attached hydrogens (tertiary/aromatic N) is 1. The summed E-state index contributed by atoms with van der Waals surface area (Å²) in [5.74, 6) is -1.09. The first-order valence-electron chi connectivity index (χ1n) is 11.7. The summed E-state index contributed by atoms with van der Waals surface area (Å²) in [6, 6.07) is 16.2. The first-order chi connectivity index (χ1) is 18.0. The van der Waals surface area contributed by atoms with Crippen molar-refractivity contribution in [3.05, 3.63) is 87.9 Å². The Hall–Kier alpha value is -3.86. The van der Waals surface area contributed by atoms with Crippen molar-refractivity contribution in [1.29, 1.82) is 0 Å². The van der Waals surface area contributed by atoms with Gasteiger partial charge in [-0.25, -0.2) is 4.79 Å². The van der Waals surface area contributed by atoms with E-state index < -0.39 is 41.7 Å². The number of hydrogen-bond acceptors (Lipinski definition) is 4. The summed E-state index contributed by atoms with van der Waals surface area (Å²) in [5, 5.41) is 5.12. The van der Waals surface area contributed by atoms with E-state index in [-0.39, 0.29) is 11.4 Å². The molecular weight excluding hydrogens is 567 g/mol. The molecule has 0 saturated carbocycles. The van der Waals surface area contributed by atoms with Crippen LogP contribution in [0, 0.1) is 0 Å².